The van der Waals surface area contributed by atoms with Crippen molar-refractivity contribution in [2.45, 2.75) is 45.4 Å². The summed E-state index contributed by atoms with van der Waals surface area (Å²) in [5, 5.41) is 0. The first-order valence-electron chi connectivity index (χ1n) is 7.53. The Hall–Kier alpha value is -1.90. The molecule has 1 aromatic carbocycles. The second-order valence-electron chi connectivity index (χ2n) is 5.43. The first kappa shape index (κ1) is 13.1. The molecule has 0 atom stereocenters. The zero-order valence-electron chi connectivity index (χ0n) is 12.0. The van der Waals surface area contributed by atoms with Crippen LogP contribution < -0.4 is 5.73 Å². The highest BCUT2D eigenvalue weighted by molar-refractivity contribution is 5.63. The van der Waals surface area contributed by atoms with Crippen molar-refractivity contribution in [1.82, 2.24) is 9.97 Å². The van der Waals surface area contributed by atoms with Gasteiger partial charge in [-0.3, -0.25) is 0 Å². The van der Waals surface area contributed by atoms with Crippen LogP contribution in [0, 0.1) is 0 Å². The van der Waals surface area contributed by atoms with E-state index in [0.29, 0.717) is 5.82 Å². The number of anilines is 1. The summed E-state index contributed by atoms with van der Waals surface area (Å²) in [4.78, 5) is 9.40. The van der Waals surface area contributed by atoms with Crippen molar-refractivity contribution in [3.8, 4) is 11.4 Å². The van der Waals surface area contributed by atoms with Crippen LogP contribution in [0.3, 0.4) is 0 Å². The van der Waals surface area contributed by atoms with Gasteiger partial charge in [0.15, 0.2) is 5.82 Å². The number of aryl methyl sites for hydroxylation is 2. The molecule has 1 heterocycles. The smallest absolute Gasteiger partial charge is 0.162 e. The first-order chi connectivity index (χ1) is 9.79. The molecule has 3 heteroatoms. The van der Waals surface area contributed by atoms with E-state index in [9.17, 15) is 0 Å². The maximum absolute atomic E-state index is 6.19. The number of hydrogen-bond acceptors (Lipinski definition) is 3. The topological polar surface area (TPSA) is 51.8 Å². The summed E-state index contributed by atoms with van der Waals surface area (Å²) in [6.07, 6.45) is 6.71. The average molecular weight is 267 g/mol. The lowest BCUT2D eigenvalue weighted by atomic mass is 10.0. The summed E-state index contributed by atoms with van der Waals surface area (Å²) in [7, 11) is 0. The zero-order chi connectivity index (χ0) is 13.9. The molecule has 0 saturated carbocycles. The molecule has 0 aliphatic heterocycles. The molecule has 0 radical (unpaired) electrons. The number of benzene rings is 1. The Morgan fingerprint density at radius 2 is 1.85 bits per heavy atom. The van der Waals surface area contributed by atoms with E-state index in [1.54, 1.807) is 0 Å². The fraction of sp³-hybridized carbons (Fsp3) is 0.412. The van der Waals surface area contributed by atoms with Crippen LogP contribution in [0.5, 0.6) is 0 Å². The second-order valence-corrected chi connectivity index (χ2v) is 5.43. The summed E-state index contributed by atoms with van der Waals surface area (Å²) >= 11 is 0. The van der Waals surface area contributed by atoms with Crippen molar-refractivity contribution in [2.24, 2.45) is 0 Å². The molecule has 0 saturated heterocycles. The van der Waals surface area contributed by atoms with Crippen LogP contribution in [0.4, 0.5) is 5.82 Å². The van der Waals surface area contributed by atoms with Gasteiger partial charge in [0.05, 0.1) is 0 Å². The predicted octanol–water partition coefficient (Wildman–Crippen LogP) is 3.56. The third-order valence-corrected chi connectivity index (χ3v) is 4.10. The van der Waals surface area contributed by atoms with E-state index in [1.165, 1.54) is 30.4 Å². The fourth-order valence-corrected chi connectivity index (χ4v) is 2.97. The minimum Gasteiger partial charge on any atom is -0.383 e. The van der Waals surface area contributed by atoms with Gasteiger partial charge >= 0.3 is 0 Å². The van der Waals surface area contributed by atoms with Crippen molar-refractivity contribution >= 4 is 5.82 Å². The summed E-state index contributed by atoms with van der Waals surface area (Å²) in [6.45, 7) is 2.16. The van der Waals surface area contributed by atoms with Gasteiger partial charge in [-0.15, -0.1) is 0 Å². The van der Waals surface area contributed by atoms with Crippen molar-refractivity contribution in [3.05, 3.63) is 41.1 Å². The standard InChI is InChI=1S/C17H21N3/c1-2-12-8-6-7-9-13(12)17-19-15-11-5-3-4-10-14(15)16(18)20-17/h6-9H,2-5,10-11H2,1H3,(H2,18,19,20). The van der Waals surface area contributed by atoms with Crippen molar-refractivity contribution in [3.63, 3.8) is 0 Å². The Bertz CT molecular complexity index is 620. The maximum atomic E-state index is 6.19. The number of aromatic nitrogens is 2. The lowest BCUT2D eigenvalue weighted by Crippen LogP contribution is -2.07. The third-order valence-electron chi connectivity index (χ3n) is 4.10. The molecule has 1 aliphatic carbocycles. The van der Waals surface area contributed by atoms with E-state index in [-0.39, 0.29) is 0 Å². The molecule has 0 unspecified atom stereocenters. The van der Waals surface area contributed by atoms with Crippen molar-refractivity contribution in [1.29, 1.82) is 0 Å². The van der Waals surface area contributed by atoms with E-state index in [4.69, 9.17) is 10.7 Å². The van der Waals surface area contributed by atoms with E-state index >= 15 is 0 Å². The Morgan fingerprint density at radius 1 is 1.05 bits per heavy atom. The van der Waals surface area contributed by atoms with Crippen LogP contribution in [-0.4, -0.2) is 9.97 Å². The minimum atomic E-state index is 0.679. The van der Waals surface area contributed by atoms with Crippen molar-refractivity contribution in [2.75, 3.05) is 5.73 Å². The van der Waals surface area contributed by atoms with Crippen LogP contribution in [0.15, 0.2) is 24.3 Å². The Morgan fingerprint density at radius 3 is 2.70 bits per heavy atom. The van der Waals surface area contributed by atoms with Gasteiger partial charge in [0.1, 0.15) is 5.82 Å². The molecule has 0 fully saturated rings. The Kier molecular flexibility index (Phi) is 3.68. The van der Waals surface area contributed by atoms with E-state index in [0.717, 1.165) is 36.3 Å². The number of fused-ring (bicyclic) bond motifs is 1. The van der Waals surface area contributed by atoms with Crippen LogP contribution in [0.1, 0.15) is 43.0 Å². The quantitative estimate of drug-likeness (QED) is 0.846. The van der Waals surface area contributed by atoms with Gasteiger partial charge in [-0.2, -0.15) is 0 Å². The number of nitrogens with zero attached hydrogens (tertiary/aromatic N) is 2. The van der Waals surface area contributed by atoms with Gasteiger partial charge < -0.3 is 5.73 Å². The molecule has 1 aromatic heterocycles. The lowest BCUT2D eigenvalue weighted by Gasteiger charge is -2.12. The molecular formula is C17H21N3. The number of hydrogen-bond donors (Lipinski definition) is 1. The maximum Gasteiger partial charge on any atom is 0.162 e. The second kappa shape index (κ2) is 5.61. The highest BCUT2D eigenvalue weighted by atomic mass is 15.0. The lowest BCUT2D eigenvalue weighted by molar-refractivity contribution is 0.709. The normalized spacial score (nSPS) is 14.7. The van der Waals surface area contributed by atoms with Gasteiger partial charge in [-0.1, -0.05) is 37.6 Å². The summed E-state index contributed by atoms with van der Waals surface area (Å²) < 4.78 is 0. The van der Waals surface area contributed by atoms with Gasteiger partial charge in [0.2, 0.25) is 0 Å². The van der Waals surface area contributed by atoms with Crippen molar-refractivity contribution < 1.29 is 0 Å². The molecule has 20 heavy (non-hydrogen) atoms. The Balaban J connectivity index is 2.11. The Labute approximate surface area is 120 Å². The number of nitrogens with two attached hydrogens (primary N) is 1. The van der Waals surface area contributed by atoms with E-state index < -0.39 is 0 Å². The third kappa shape index (κ3) is 2.40. The van der Waals surface area contributed by atoms with Crippen LogP contribution in [0.25, 0.3) is 11.4 Å². The number of nitrogen functional groups attached to an aromatic ring is 1. The molecule has 3 nitrogen and oxygen atoms in total. The monoisotopic (exact) mass is 267 g/mol. The predicted molar refractivity (Wildman–Crippen MR) is 82.5 cm³/mol. The molecule has 3 rings (SSSR count). The zero-order valence-corrected chi connectivity index (χ0v) is 12.0. The fourth-order valence-electron chi connectivity index (χ4n) is 2.97. The SMILES string of the molecule is CCc1ccccc1-c1nc(N)c2c(n1)CCCCC2. The van der Waals surface area contributed by atoms with Crippen LogP contribution in [0.2, 0.25) is 0 Å². The molecule has 0 spiro atoms. The molecule has 2 N–H and O–H groups in total. The van der Waals surface area contributed by atoms with Gasteiger partial charge in [-0.05, 0) is 37.7 Å². The van der Waals surface area contributed by atoms with Gasteiger partial charge in [0.25, 0.3) is 0 Å². The van der Waals surface area contributed by atoms with Gasteiger partial charge in [0, 0.05) is 16.8 Å². The van der Waals surface area contributed by atoms with E-state index in [2.05, 4.69) is 30.1 Å². The first-order valence-corrected chi connectivity index (χ1v) is 7.53. The van der Waals surface area contributed by atoms with Crippen LogP contribution in [-0.2, 0) is 19.3 Å². The van der Waals surface area contributed by atoms with Gasteiger partial charge in [-0.25, -0.2) is 9.97 Å². The number of rotatable bonds is 2. The molecule has 0 amide bonds. The summed E-state index contributed by atoms with van der Waals surface area (Å²) in [5.74, 6) is 1.47. The summed E-state index contributed by atoms with van der Waals surface area (Å²) in [6, 6.07) is 8.34. The minimum absolute atomic E-state index is 0.679. The molecule has 104 valence electrons. The molecule has 1 aliphatic rings. The van der Waals surface area contributed by atoms with E-state index in [1.807, 2.05) is 6.07 Å². The highest BCUT2D eigenvalue weighted by Gasteiger charge is 2.16. The molecule has 0 bridgehead atoms. The average Bonchev–Trinajstić information content (AvgIpc) is 2.73. The molecule has 2 aromatic rings. The summed E-state index contributed by atoms with van der Waals surface area (Å²) in [5.41, 5.74) is 10.9. The molecular weight excluding hydrogens is 246 g/mol. The van der Waals surface area contributed by atoms with Crippen LogP contribution >= 0.6 is 0 Å². The largest absolute Gasteiger partial charge is 0.383 e. The highest BCUT2D eigenvalue weighted by Crippen LogP contribution is 2.27.